The van der Waals surface area contributed by atoms with Crippen LogP contribution < -0.4 is 10.1 Å². The summed E-state index contributed by atoms with van der Waals surface area (Å²) in [5.74, 6) is 1.02. The fourth-order valence-corrected chi connectivity index (χ4v) is 4.21. The Morgan fingerprint density at radius 3 is 2.46 bits per heavy atom. The van der Waals surface area contributed by atoms with Gasteiger partial charge >= 0.3 is 0 Å². The third-order valence-electron chi connectivity index (χ3n) is 5.73. The maximum atomic E-state index is 12.4. The first kappa shape index (κ1) is 19.8. The maximum absolute atomic E-state index is 12.4. The molecule has 144 valence electrons. The molecule has 0 aromatic heterocycles. The summed E-state index contributed by atoms with van der Waals surface area (Å²) in [6, 6.07) is 5.37. The van der Waals surface area contributed by atoms with Gasteiger partial charge in [0.25, 0.3) is 0 Å². The molecule has 0 unspecified atom stereocenters. The van der Waals surface area contributed by atoms with Crippen LogP contribution in [0.25, 0.3) is 0 Å². The van der Waals surface area contributed by atoms with E-state index in [-0.39, 0.29) is 24.0 Å². The molecule has 0 aliphatic heterocycles. The van der Waals surface area contributed by atoms with Crippen LogP contribution in [0.3, 0.4) is 0 Å². The molecule has 3 rings (SSSR count). The lowest BCUT2D eigenvalue weighted by Gasteiger charge is -2.38. The molecule has 0 saturated heterocycles. The van der Waals surface area contributed by atoms with Crippen molar-refractivity contribution in [2.45, 2.75) is 70.1 Å². The first-order chi connectivity index (χ1) is 12.2. The monoisotopic (exact) mass is 399 g/mol. The highest BCUT2D eigenvalue weighted by atomic mass is 35.5. The summed E-state index contributed by atoms with van der Waals surface area (Å²) in [5.41, 5.74) is -0.630. The average molecular weight is 400 g/mol. The van der Waals surface area contributed by atoms with Crippen LogP contribution in [0.15, 0.2) is 18.2 Å². The molecular formula is C20H27Cl2NO3. The van der Waals surface area contributed by atoms with Gasteiger partial charge in [-0.2, -0.15) is 0 Å². The number of halogens is 2. The zero-order valence-corrected chi connectivity index (χ0v) is 16.8. The summed E-state index contributed by atoms with van der Waals surface area (Å²) in [6.07, 6.45) is 5.20. The van der Waals surface area contributed by atoms with Crippen molar-refractivity contribution in [3.8, 4) is 5.75 Å². The highest BCUT2D eigenvalue weighted by Gasteiger charge is 2.38. The SMILES string of the molecule is CC(C)(O)C1CCC(NC(=O)C2CC(Oc3cc(Cl)ccc3Cl)C2)CC1. The van der Waals surface area contributed by atoms with E-state index in [4.69, 9.17) is 27.9 Å². The van der Waals surface area contributed by atoms with Crippen molar-refractivity contribution in [2.24, 2.45) is 11.8 Å². The van der Waals surface area contributed by atoms with Crippen LogP contribution in [-0.4, -0.2) is 28.8 Å². The number of carbonyl (C=O) groups is 1. The first-order valence-corrected chi connectivity index (χ1v) is 10.1. The van der Waals surface area contributed by atoms with Gasteiger partial charge in [-0.25, -0.2) is 0 Å². The van der Waals surface area contributed by atoms with Gasteiger partial charge in [0.1, 0.15) is 11.9 Å². The van der Waals surface area contributed by atoms with Crippen molar-refractivity contribution in [1.29, 1.82) is 0 Å². The first-order valence-electron chi connectivity index (χ1n) is 9.37. The molecule has 2 aliphatic rings. The van der Waals surface area contributed by atoms with Gasteiger partial charge in [-0.05, 0) is 70.4 Å². The highest BCUT2D eigenvalue weighted by Crippen LogP contribution is 2.36. The van der Waals surface area contributed by atoms with E-state index < -0.39 is 5.60 Å². The van der Waals surface area contributed by atoms with Crippen LogP contribution in [0.5, 0.6) is 5.75 Å². The van der Waals surface area contributed by atoms with Crippen LogP contribution in [0, 0.1) is 11.8 Å². The lowest BCUT2D eigenvalue weighted by atomic mass is 9.76. The third kappa shape index (κ3) is 4.85. The van der Waals surface area contributed by atoms with Crippen molar-refractivity contribution in [3.05, 3.63) is 28.2 Å². The minimum absolute atomic E-state index is 0.00460. The van der Waals surface area contributed by atoms with E-state index in [1.165, 1.54) is 0 Å². The smallest absolute Gasteiger partial charge is 0.223 e. The normalized spacial score (nSPS) is 29.0. The average Bonchev–Trinajstić information content (AvgIpc) is 2.53. The molecule has 6 heteroatoms. The lowest BCUT2D eigenvalue weighted by molar-refractivity contribution is -0.131. The Hall–Kier alpha value is -0.970. The Morgan fingerprint density at radius 2 is 1.85 bits per heavy atom. The summed E-state index contributed by atoms with van der Waals surface area (Å²) in [7, 11) is 0. The number of hydrogen-bond donors (Lipinski definition) is 2. The van der Waals surface area contributed by atoms with Gasteiger partial charge in [0.15, 0.2) is 0 Å². The summed E-state index contributed by atoms with van der Waals surface area (Å²) >= 11 is 12.1. The maximum Gasteiger partial charge on any atom is 0.223 e. The van der Waals surface area contributed by atoms with Crippen molar-refractivity contribution in [3.63, 3.8) is 0 Å². The van der Waals surface area contributed by atoms with Gasteiger partial charge in [-0.3, -0.25) is 4.79 Å². The fraction of sp³-hybridized carbons (Fsp3) is 0.650. The minimum atomic E-state index is -0.630. The molecule has 2 saturated carbocycles. The second-order valence-electron chi connectivity index (χ2n) is 8.19. The molecular weight excluding hydrogens is 373 g/mol. The Morgan fingerprint density at radius 1 is 1.19 bits per heavy atom. The standard InChI is InChI=1S/C20H27Cl2NO3/c1-20(2,25)13-3-6-15(7-4-13)23-19(24)12-9-16(10-12)26-18-11-14(21)5-8-17(18)22/h5,8,11-13,15-16,25H,3-4,6-7,9-10H2,1-2H3,(H,23,24). The van der Waals surface area contributed by atoms with E-state index in [0.717, 1.165) is 25.7 Å². The van der Waals surface area contributed by atoms with Crippen LogP contribution in [-0.2, 0) is 4.79 Å². The van der Waals surface area contributed by atoms with Crippen molar-refractivity contribution in [1.82, 2.24) is 5.32 Å². The van der Waals surface area contributed by atoms with Crippen molar-refractivity contribution >= 4 is 29.1 Å². The minimum Gasteiger partial charge on any atom is -0.489 e. The van der Waals surface area contributed by atoms with E-state index in [0.29, 0.717) is 34.6 Å². The van der Waals surface area contributed by atoms with Crippen LogP contribution in [0.2, 0.25) is 10.0 Å². The number of benzene rings is 1. The molecule has 2 fully saturated rings. The number of hydrogen-bond acceptors (Lipinski definition) is 3. The number of ether oxygens (including phenoxy) is 1. The molecule has 2 N–H and O–H groups in total. The number of rotatable bonds is 5. The topological polar surface area (TPSA) is 58.6 Å². The lowest BCUT2D eigenvalue weighted by Crippen LogP contribution is -2.48. The van der Waals surface area contributed by atoms with Gasteiger partial charge in [0.05, 0.1) is 10.6 Å². The molecule has 0 bridgehead atoms. The molecule has 26 heavy (non-hydrogen) atoms. The van der Waals surface area contributed by atoms with Gasteiger partial charge in [0.2, 0.25) is 5.91 Å². The Labute approximate surface area is 165 Å². The largest absolute Gasteiger partial charge is 0.489 e. The van der Waals surface area contributed by atoms with E-state index in [2.05, 4.69) is 5.32 Å². The third-order valence-corrected chi connectivity index (χ3v) is 6.27. The van der Waals surface area contributed by atoms with E-state index in [1.807, 2.05) is 13.8 Å². The van der Waals surface area contributed by atoms with Gasteiger partial charge in [-0.1, -0.05) is 23.2 Å². The predicted octanol–water partition coefficient (Wildman–Crippen LogP) is 4.60. The predicted molar refractivity (Wildman–Crippen MR) is 104 cm³/mol. The molecule has 2 aliphatic carbocycles. The molecule has 0 spiro atoms. The molecule has 4 nitrogen and oxygen atoms in total. The van der Waals surface area contributed by atoms with E-state index in [9.17, 15) is 9.90 Å². The second-order valence-corrected chi connectivity index (χ2v) is 9.04. The van der Waals surface area contributed by atoms with Crippen molar-refractivity contribution < 1.29 is 14.6 Å². The quantitative estimate of drug-likeness (QED) is 0.760. The van der Waals surface area contributed by atoms with Crippen molar-refractivity contribution in [2.75, 3.05) is 0 Å². The molecule has 0 radical (unpaired) electrons. The molecule has 0 heterocycles. The van der Waals surface area contributed by atoms with Gasteiger partial charge < -0.3 is 15.2 Å². The Bertz CT molecular complexity index is 645. The van der Waals surface area contributed by atoms with Gasteiger partial charge in [-0.15, -0.1) is 0 Å². The molecule has 1 aromatic carbocycles. The zero-order chi connectivity index (χ0) is 18.9. The van der Waals surface area contributed by atoms with E-state index in [1.54, 1.807) is 18.2 Å². The van der Waals surface area contributed by atoms with Gasteiger partial charge in [0, 0.05) is 23.0 Å². The summed E-state index contributed by atoms with van der Waals surface area (Å²) in [6.45, 7) is 3.74. The number of aliphatic hydroxyl groups is 1. The number of nitrogens with one attached hydrogen (secondary N) is 1. The van der Waals surface area contributed by atoms with E-state index >= 15 is 0 Å². The summed E-state index contributed by atoms with van der Waals surface area (Å²) in [4.78, 5) is 12.4. The Balaban J connectivity index is 1.41. The number of amides is 1. The highest BCUT2D eigenvalue weighted by molar-refractivity contribution is 6.34. The molecule has 1 aromatic rings. The molecule has 1 amide bonds. The summed E-state index contributed by atoms with van der Waals surface area (Å²) in [5, 5.41) is 14.4. The Kier molecular flexibility index (Phi) is 6.05. The molecule has 0 atom stereocenters. The fourth-order valence-electron chi connectivity index (χ4n) is 3.89. The van der Waals surface area contributed by atoms with Crippen LogP contribution >= 0.6 is 23.2 Å². The summed E-state index contributed by atoms with van der Waals surface area (Å²) < 4.78 is 5.86. The van der Waals surface area contributed by atoms with Crippen LogP contribution in [0.1, 0.15) is 52.4 Å². The number of carbonyl (C=O) groups excluding carboxylic acids is 1. The second kappa shape index (κ2) is 7.95. The van der Waals surface area contributed by atoms with Crippen LogP contribution in [0.4, 0.5) is 0 Å². The zero-order valence-electron chi connectivity index (χ0n) is 15.3.